The van der Waals surface area contributed by atoms with Gasteiger partial charge in [-0.05, 0) is 60.5 Å². The van der Waals surface area contributed by atoms with E-state index in [4.69, 9.17) is 4.43 Å². The summed E-state index contributed by atoms with van der Waals surface area (Å²) < 4.78 is 6.27. The van der Waals surface area contributed by atoms with Gasteiger partial charge >= 0.3 is 0 Å². The molecule has 134 valence electrons. The quantitative estimate of drug-likeness (QED) is 0.543. The summed E-state index contributed by atoms with van der Waals surface area (Å²) in [5, 5.41) is 1.61. The van der Waals surface area contributed by atoms with Crippen molar-refractivity contribution >= 4 is 16.4 Å². The number of rotatable bonds is 4. The van der Waals surface area contributed by atoms with Crippen LogP contribution in [0.5, 0.6) is 0 Å². The van der Waals surface area contributed by atoms with E-state index in [1.165, 1.54) is 22.3 Å². The van der Waals surface area contributed by atoms with Gasteiger partial charge in [-0.15, -0.1) is 0 Å². The highest BCUT2D eigenvalue weighted by atomic mass is 28.4. The molecule has 0 N–H and O–H groups in total. The summed E-state index contributed by atoms with van der Waals surface area (Å²) in [4.78, 5) is 0. The van der Waals surface area contributed by atoms with Crippen LogP contribution in [0.4, 0.5) is 0 Å². The molecule has 0 unspecified atom stereocenters. The molecule has 1 nitrogen and oxygen atoms in total. The van der Waals surface area contributed by atoms with Gasteiger partial charge in [-0.25, -0.2) is 0 Å². The largest absolute Gasteiger partial charge is 0.545 e. The summed E-state index contributed by atoms with van der Waals surface area (Å²) in [6, 6.07) is 18.0. The standard InChI is InChI=1S/C23H28OSi2/c1-25(2,3)24-17-14-15-18(16-17)26(4,5)23-21-12-8-6-10-19(21)20-11-7-9-13-22(20)23/h6-14,16,23H,15H2,1-5H3. The first-order valence-electron chi connectivity index (χ1n) is 9.56. The third-order valence-electron chi connectivity index (χ3n) is 5.65. The monoisotopic (exact) mass is 376 g/mol. The van der Waals surface area contributed by atoms with Crippen molar-refractivity contribution in [3.05, 3.63) is 82.8 Å². The maximum absolute atomic E-state index is 6.27. The van der Waals surface area contributed by atoms with Crippen molar-refractivity contribution in [3.8, 4) is 11.1 Å². The van der Waals surface area contributed by atoms with Crippen LogP contribution in [0.15, 0.2) is 71.6 Å². The Kier molecular flexibility index (Phi) is 4.12. The lowest BCUT2D eigenvalue weighted by Gasteiger charge is -2.33. The van der Waals surface area contributed by atoms with Gasteiger partial charge in [0.2, 0.25) is 8.32 Å². The lowest BCUT2D eigenvalue weighted by molar-refractivity contribution is 0.442. The van der Waals surface area contributed by atoms with Crippen LogP contribution in [0.3, 0.4) is 0 Å². The van der Waals surface area contributed by atoms with Gasteiger partial charge in [0.15, 0.2) is 0 Å². The molecule has 26 heavy (non-hydrogen) atoms. The maximum atomic E-state index is 6.27. The van der Waals surface area contributed by atoms with Crippen LogP contribution in [0.1, 0.15) is 23.1 Å². The molecule has 2 aliphatic rings. The molecule has 0 saturated heterocycles. The third kappa shape index (κ3) is 2.93. The summed E-state index contributed by atoms with van der Waals surface area (Å²) in [5.74, 6) is 1.11. The molecule has 0 spiro atoms. The summed E-state index contributed by atoms with van der Waals surface area (Å²) in [6.45, 7) is 11.8. The predicted molar refractivity (Wildman–Crippen MR) is 116 cm³/mol. The molecule has 2 aromatic rings. The van der Waals surface area contributed by atoms with E-state index in [2.05, 4.69) is 93.4 Å². The Morgan fingerprint density at radius 1 is 0.808 bits per heavy atom. The molecule has 0 atom stereocenters. The molecule has 0 aliphatic heterocycles. The molecule has 0 radical (unpaired) electrons. The molecule has 2 aliphatic carbocycles. The van der Waals surface area contributed by atoms with Crippen molar-refractivity contribution in [3.63, 3.8) is 0 Å². The van der Waals surface area contributed by atoms with Gasteiger partial charge < -0.3 is 4.43 Å². The van der Waals surface area contributed by atoms with Crippen molar-refractivity contribution in [2.24, 2.45) is 0 Å². The van der Waals surface area contributed by atoms with E-state index in [9.17, 15) is 0 Å². The Balaban J connectivity index is 1.74. The highest BCUT2D eigenvalue weighted by Crippen LogP contribution is 2.51. The topological polar surface area (TPSA) is 9.23 Å². The average molecular weight is 377 g/mol. The highest BCUT2D eigenvalue weighted by molar-refractivity contribution is 6.86. The van der Waals surface area contributed by atoms with Crippen LogP contribution < -0.4 is 0 Å². The lowest BCUT2D eigenvalue weighted by Crippen LogP contribution is -2.37. The van der Waals surface area contributed by atoms with Gasteiger partial charge in [0.25, 0.3) is 0 Å². The fourth-order valence-electron chi connectivity index (χ4n) is 4.49. The second-order valence-electron chi connectivity index (χ2n) is 9.02. The minimum Gasteiger partial charge on any atom is -0.545 e. The van der Waals surface area contributed by atoms with Crippen molar-refractivity contribution in [1.82, 2.24) is 0 Å². The fraction of sp³-hybridized carbons (Fsp3) is 0.304. The molecule has 3 heteroatoms. The molecule has 2 aromatic carbocycles. The summed E-state index contributed by atoms with van der Waals surface area (Å²) in [6.07, 6.45) is 5.73. The molecule has 0 amide bonds. The molecule has 4 rings (SSSR count). The molecular formula is C23H28OSi2. The van der Waals surface area contributed by atoms with E-state index < -0.39 is 16.4 Å². The first-order valence-corrected chi connectivity index (χ1v) is 16.0. The molecule has 0 fully saturated rings. The second-order valence-corrected chi connectivity index (χ2v) is 18.1. The molecule has 0 heterocycles. The molecular weight excluding hydrogens is 348 g/mol. The number of hydrogen-bond acceptors (Lipinski definition) is 1. The Morgan fingerprint density at radius 3 is 1.88 bits per heavy atom. The summed E-state index contributed by atoms with van der Waals surface area (Å²) in [5.41, 5.74) is 6.43. The van der Waals surface area contributed by atoms with Crippen LogP contribution >= 0.6 is 0 Å². The van der Waals surface area contributed by atoms with Crippen molar-refractivity contribution < 1.29 is 4.43 Å². The first kappa shape index (κ1) is 17.6. The van der Waals surface area contributed by atoms with Gasteiger partial charge in [0.05, 0.1) is 13.8 Å². The number of allylic oxidation sites excluding steroid dienone is 3. The zero-order valence-corrected chi connectivity index (χ0v) is 18.5. The average Bonchev–Trinajstić information content (AvgIpc) is 3.16. The third-order valence-corrected chi connectivity index (χ3v) is 10.6. The zero-order valence-electron chi connectivity index (χ0n) is 16.5. The predicted octanol–water partition coefficient (Wildman–Crippen LogP) is 6.65. The SMILES string of the molecule is C[Si](C)(C)OC1=CCC([Si](C)(C)C2c3ccccc3-c3ccccc32)=C1. The smallest absolute Gasteiger partial charge is 0.242 e. The van der Waals surface area contributed by atoms with Crippen molar-refractivity contribution in [2.75, 3.05) is 0 Å². The number of fused-ring (bicyclic) bond motifs is 3. The van der Waals surface area contributed by atoms with Crippen molar-refractivity contribution in [2.45, 2.75) is 44.7 Å². The van der Waals surface area contributed by atoms with Crippen LogP contribution in [0, 0.1) is 0 Å². The van der Waals surface area contributed by atoms with Gasteiger partial charge in [0.1, 0.15) is 0 Å². The van der Waals surface area contributed by atoms with Crippen LogP contribution in [0.2, 0.25) is 32.7 Å². The van der Waals surface area contributed by atoms with E-state index in [0.29, 0.717) is 5.54 Å². The normalized spacial score (nSPS) is 16.8. The van der Waals surface area contributed by atoms with Gasteiger partial charge in [0, 0.05) is 5.54 Å². The van der Waals surface area contributed by atoms with Gasteiger partial charge in [-0.3, -0.25) is 0 Å². The zero-order chi connectivity index (χ0) is 18.5. The number of benzene rings is 2. The van der Waals surface area contributed by atoms with E-state index >= 15 is 0 Å². The Labute approximate surface area is 159 Å². The Hall–Kier alpha value is -1.85. The first-order chi connectivity index (χ1) is 12.3. The second kappa shape index (κ2) is 6.10. The molecule has 0 saturated carbocycles. The van der Waals surface area contributed by atoms with Crippen molar-refractivity contribution in [1.29, 1.82) is 0 Å². The Morgan fingerprint density at radius 2 is 1.35 bits per heavy atom. The van der Waals surface area contributed by atoms with Crippen LogP contribution in [-0.2, 0) is 4.43 Å². The Bertz CT molecular complexity index is 870. The summed E-state index contributed by atoms with van der Waals surface area (Å²) >= 11 is 0. The minimum absolute atomic E-state index is 0.529. The minimum atomic E-state index is -1.71. The van der Waals surface area contributed by atoms with E-state index in [1.54, 1.807) is 5.20 Å². The van der Waals surface area contributed by atoms with E-state index in [-0.39, 0.29) is 0 Å². The highest BCUT2D eigenvalue weighted by Gasteiger charge is 2.43. The maximum Gasteiger partial charge on any atom is 0.242 e. The van der Waals surface area contributed by atoms with Gasteiger partial charge in [-0.1, -0.05) is 66.8 Å². The molecule has 0 aromatic heterocycles. The number of hydrogen-bond donors (Lipinski definition) is 0. The lowest BCUT2D eigenvalue weighted by atomic mass is 10.1. The fourth-order valence-corrected chi connectivity index (χ4v) is 8.91. The van der Waals surface area contributed by atoms with Crippen LogP contribution in [0.25, 0.3) is 11.1 Å². The van der Waals surface area contributed by atoms with E-state index in [0.717, 1.165) is 12.2 Å². The van der Waals surface area contributed by atoms with Gasteiger partial charge in [-0.2, -0.15) is 0 Å². The van der Waals surface area contributed by atoms with E-state index in [1.807, 2.05) is 0 Å². The van der Waals surface area contributed by atoms with Crippen LogP contribution in [-0.4, -0.2) is 16.4 Å². The summed E-state index contributed by atoms with van der Waals surface area (Å²) in [7, 11) is -3.27. The molecule has 0 bridgehead atoms.